The number of carbonyl (C=O) groups is 1. The molecule has 1 atom stereocenters. The van der Waals surface area contributed by atoms with Gasteiger partial charge in [-0.1, -0.05) is 31.8 Å². The minimum atomic E-state index is -0.480. The Hall–Kier alpha value is -0.830. The van der Waals surface area contributed by atoms with E-state index in [0.717, 1.165) is 19.3 Å². The molecule has 0 saturated carbocycles. The first kappa shape index (κ1) is 15.2. The Morgan fingerprint density at radius 1 is 1.25 bits per heavy atom. The van der Waals surface area contributed by atoms with Gasteiger partial charge in [0.15, 0.2) is 0 Å². The molecule has 3 heteroatoms. The molecule has 16 heavy (non-hydrogen) atoms. The Bertz CT molecular complexity index is 190. The van der Waals surface area contributed by atoms with Crippen LogP contribution in [0.2, 0.25) is 0 Å². The number of unbranched alkanes of at least 4 members (excludes halogenated alkanes) is 6. The second kappa shape index (κ2) is 10.7. The molecular formula is C13H25NO2. The standard InChI is InChI=1S/C13H25NO2/c1-3-4-5-6-7-8-9-10-11-13(15)16-12(2)14/h3,12H,1,4-11,14H2,2H3. The van der Waals surface area contributed by atoms with Gasteiger partial charge in [0.25, 0.3) is 0 Å². The molecule has 0 amide bonds. The summed E-state index contributed by atoms with van der Waals surface area (Å²) in [7, 11) is 0. The lowest BCUT2D eigenvalue weighted by molar-refractivity contribution is -0.148. The average Bonchev–Trinajstić information content (AvgIpc) is 2.21. The molecule has 0 aromatic rings. The number of esters is 1. The van der Waals surface area contributed by atoms with Crippen molar-refractivity contribution in [2.75, 3.05) is 0 Å². The molecule has 3 nitrogen and oxygen atoms in total. The minimum Gasteiger partial charge on any atom is -0.447 e. The lowest BCUT2D eigenvalue weighted by Crippen LogP contribution is -2.23. The number of allylic oxidation sites excluding steroid dienone is 1. The molecule has 0 saturated heterocycles. The van der Waals surface area contributed by atoms with Crippen LogP contribution in [0.5, 0.6) is 0 Å². The van der Waals surface area contributed by atoms with Gasteiger partial charge in [0.05, 0.1) is 0 Å². The summed E-state index contributed by atoms with van der Waals surface area (Å²) in [4.78, 5) is 11.1. The van der Waals surface area contributed by atoms with Crippen molar-refractivity contribution in [1.29, 1.82) is 0 Å². The van der Waals surface area contributed by atoms with E-state index >= 15 is 0 Å². The van der Waals surface area contributed by atoms with Crippen molar-refractivity contribution < 1.29 is 9.53 Å². The number of nitrogens with two attached hydrogens (primary N) is 1. The fraction of sp³-hybridized carbons (Fsp3) is 0.769. The summed E-state index contributed by atoms with van der Waals surface area (Å²) >= 11 is 0. The summed E-state index contributed by atoms with van der Waals surface area (Å²) < 4.78 is 4.84. The fourth-order valence-corrected chi connectivity index (χ4v) is 1.53. The van der Waals surface area contributed by atoms with Gasteiger partial charge in [-0.3, -0.25) is 10.5 Å². The molecule has 0 spiro atoms. The quantitative estimate of drug-likeness (QED) is 0.270. The second-order valence-electron chi connectivity index (χ2n) is 4.14. The summed E-state index contributed by atoms with van der Waals surface area (Å²) in [6, 6.07) is 0. The smallest absolute Gasteiger partial charge is 0.307 e. The van der Waals surface area contributed by atoms with E-state index in [2.05, 4.69) is 6.58 Å². The zero-order valence-corrected chi connectivity index (χ0v) is 10.4. The van der Waals surface area contributed by atoms with E-state index in [1.54, 1.807) is 6.92 Å². The van der Waals surface area contributed by atoms with Crippen LogP contribution in [-0.2, 0) is 9.53 Å². The molecule has 0 heterocycles. The van der Waals surface area contributed by atoms with Crippen LogP contribution in [0.1, 0.15) is 58.3 Å². The SMILES string of the molecule is C=CCCCCCCCCC(=O)OC(C)N. The minimum absolute atomic E-state index is 0.179. The Labute approximate surface area is 99.0 Å². The van der Waals surface area contributed by atoms with Gasteiger partial charge in [-0.2, -0.15) is 0 Å². The maximum Gasteiger partial charge on any atom is 0.307 e. The van der Waals surface area contributed by atoms with E-state index in [-0.39, 0.29) is 5.97 Å². The fourth-order valence-electron chi connectivity index (χ4n) is 1.53. The van der Waals surface area contributed by atoms with Crippen molar-refractivity contribution >= 4 is 5.97 Å². The average molecular weight is 227 g/mol. The highest BCUT2D eigenvalue weighted by atomic mass is 16.5. The van der Waals surface area contributed by atoms with Gasteiger partial charge < -0.3 is 4.74 Å². The largest absolute Gasteiger partial charge is 0.447 e. The number of hydrogen-bond acceptors (Lipinski definition) is 3. The topological polar surface area (TPSA) is 52.3 Å². The molecule has 2 N–H and O–H groups in total. The van der Waals surface area contributed by atoms with Gasteiger partial charge in [0, 0.05) is 6.42 Å². The Balaban J connectivity index is 3.14. The molecule has 0 radical (unpaired) electrons. The van der Waals surface area contributed by atoms with Crippen LogP contribution >= 0.6 is 0 Å². The van der Waals surface area contributed by atoms with Gasteiger partial charge >= 0.3 is 5.97 Å². The van der Waals surface area contributed by atoms with Crippen LogP contribution in [0.15, 0.2) is 12.7 Å². The first-order chi connectivity index (χ1) is 7.66. The first-order valence-corrected chi connectivity index (χ1v) is 6.22. The van der Waals surface area contributed by atoms with E-state index < -0.39 is 6.23 Å². The number of carbonyl (C=O) groups excluding carboxylic acids is 1. The first-order valence-electron chi connectivity index (χ1n) is 6.22. The molecule has 0 bridgehead atoms. The van der Waals surface area contributed by atoms with Gasteiger partial charge in [-0.25, -0.2) is 0 Å². The zero-order chi connectivity index (χ0) is 12.2. The van der Waals surface area contributed by atoms with Gasteiger partial charge in [0.1, 0.15) is 6.23 Å². The zero-order valence-electron chi connectivity index (χ0n) is 10.4. The van der Waals surface area contributed by atoms with Crippen molar-refractivity contribution in [2.24, 2.45) is 5.73 Å². The molecule has 0 fully saturated rings. The molecule has 0 aliphatic heterocycles. The predicted molar refractivity (Wildman–Crippen MR) is 66.9 cm³/mol. The molecule has 1 unspecified atom stereocenters. The second-order valence-corrected chi connectivity index (χ2v) is 4.14. The number of rotatable bonds is 10. The lowest BCUT2D eigenvalue weighted by Gasteiger charge is -2.07. The molecule has 94 valence electrons. The third-order valence-electron chi connectivity index (χ3n) is 2.36. The summed E-state index contributed by atoms with van der Waals surface area (Å²) in [5.74, 6) is -0.179. The maximum atomic E-state index is 11.1. The van der Waals surface area contributed by atoms with Crippen LogP contribution in [0.4, 0.5) is 0 Å². The van der Waals surface area contributed by atoms with E-state index in [1.165, 1.54) is 25.7 Å². The van der Waals surface area contributed by atoms with Crippen LogP contribution in [-0.4, -0.2) is 12.2 Å². The van der Waals surface area contributed by atoms with E-state index in [1.807, 2.05) is 6.08 Å². The molecular weight excluding hydrogens is 202 g/mol. The van der Waals surface area contributed by atoms with E-state index in [4.69, 9.17) is 10.5 Å². The third-order valence-corrected chi connectivity index (χ3v) is 2.36. The highest BCUT2D eigenvalue weighted by molar-refractivity contribution is 5.69. The van der Waals surface area contributed by atoms with E-state index in [9.17, 15) is 4.79 Å². The van der Waals surface area contributed by atoms with Crippen LogP contribution in [0.3, 0.4) is 0 Å². The van der Waals surface area contributed by atoms with E-state index in [0.29, 0.717) is 6.42 Å². The summed E-state index contributed by atoms with van der Waals surface area (Å²) in [6.45, 7) is 5.35. The van der Waals surface area contributed by atoms with Gasteiger partial charge in [0.2, 0.25) is 0 Å². The predicted octanol–water partition coefficient (Wildman–Crippen LogP) is 3.14. The van der Waals surface area contributed by atoms with Crippen molar-refractivity contribution in [1.82, 2.24) is 0 Å². The highest BCUT2D eigenvalue weighted by Crippen LogP contribution is 2.09. The monoisotopic (exact) mass is 227 g/mol. The molecule has 0 aliphatic carbocycles. The van der Waals surface area contributed by atoms with Crippen molar-refractivity contribution in [3.63, 3.8) is 0 Å². The lowest BCUT2D eigenvalue weighted by atomic mass is 10.1. The molecule has 0 aromatic heterocycles. The van der Waals surface area contributed by atoms with Crippen molar-refractivity contribution in [3.05, 3.63) is 12.7 Å². The van der Waals surface area contributed by atoms with Gasteiger partial charge in [-0.05, 0) is 26.2 Å². The van der Waals surface area contributed by atoms with Gasteiger partial charge in [-0.15, -0.1) is 6.58 Å². The molecule has 0 aliphatic rings. The van der Waals surface area contributed by atoms with Crippen molar-refractivity contribution in [3.8, 4) is 0 Å². The van der Waals surface area contributed by atoms with Crippen molar-refractivity contribution in [2.45, 2.75) is 64.5 Å². The number of hydrogen-bond donors (Lipinski definition) is 1. The highest BCUT2D eigenvalue weighted by Gasteiger charge is 2.04. The summed E-state index contributed by atoms with van der Waals surface area (Å²) in [5.41, 5.74) is 5.34. The molecule has 0 aromatic carbocycles. The molecule has 0 rings (SSSR count). The summed E-state index contributed by atoms with van der Waals surface area (Å²) in [6.07, 6.45) is 10.0. The third kappa shape index (κ3) is 11.2. The van der Waals surface area contributed by atoms with Crippen LogP contribution in [0, 0.1) is 0 Å². The Morgan fingerprint density at radius 3 is 2.38 bits per heavy atom. The number of ether oxygens (including phenoxy) is 1. The van der Waals surface area contributed by atoms with Crippen LogP contribution in [0.25, 0.3) is 0 Å². The summed E-state index contributed by atoms with van der Waals surface area (Å²) in [5, 5.41) is 0. The Morgan fingerprint density at radius 2 is 1.81 bits per heavy atom. The Kier molecular flexibility index (Phi) is 10.1. The van der Waals surface area contributed by atoms with Crippen LogP contribution < -0.4 is 5.73 Å². The normalized spacial score (nSPS) is 12.1. The maximum absolute atomic E-state index is 11.1.